The minimum absolute atomic E-state index is 0.160. The number of aromatic nitrogens is 2. The van der Waals surface area contributed by atoms with Gasteiger partial charge in [0.1, 0.15) is 5.82 Å². The summed E-state index contributed by atoms with van der Waals surface area (Å²) in [5.74, 6) is 1.89. The van der Waals surface area contributed by atoms with Crippen molar-refractivity contribution in [1.29, 1.82) is 5.26 Å². The Balaban J connectivity index is 1.46. The summed E-state index contributed by atoms with van der Waals surface area (Å²) in [6.45, 7) is 0.160. The first kappa shape index (κ1) is 20.6. The molecule has 0 saturated heterocycles. The van der Waals surface area contributed by atoms with E-state index in [0.717, 1.165) is 28.2 Å². The van der Waals surface area contributed by atoms with Gasteiger partial charge in [-0.05, 0) is 54.6 Å². The third kappa shape index (κ3) is 3.56. The van der Waals surface area contributed by atoms with Crippen molar-refractivity contribution >= 4 is 28.6 Å². The number of carbonyl (C=O) groups excluding carboxylic acids is 1. The molecule has 0 saturated carbocycles. The van der Waals surface area contributed by atoms with E-state index in [0.29, 0.717) is 34.0 Å². The molecule has 0 radical (unpaired) electrons. The van der Waals surface area contributed by atoms with Crippen molar-refractivity contribution in [3.63, 3.8) is 0 Å². The molecule has 0 aliphatic carbocycles. The van der Waals surface area contributed by atoms with E-state index in [1.54, 1.807) is 24.4 Å². The van der Waals surface area contributed by atoms with E-state index < -0.39 is 0 Å². The lowest BCUT2D eigenvalue weighted by atomic mass is 9.98. The molecule has 6 rings (SSSR count). The van der Waals surface area contributed by atoms with Gasteiger partial charge in [0.25, 0.3) is 5.91 Å². The maximum absolute atomic E-state index is 13.2. The van der Waals surface area contributed by atoms with Crippen LogP contribution in [0.4, 0.5) is 11.4 Å². The Hall–Kier alpha value is -5.03. The summed E-state index contributed by atoms with van der Waals surface area (Å²) < 4.78 is 13.0. The first-order valence-corrected chi connectivity index (χ1v) is 11.0. The third-order valence-electron chi connectivity index (χ3n) is 6.04. The average Bonchev–Trinajstić information content (AvgIpc) is 3.60. The topological polar surface area (TPSA) is 101 Å². The predicted molar refractivity (Wildman–Crippen MR) is 131 cm³/mol. The summed E-state index contributed by atoms with van der Waals surface area (Å²) in [6, 6.07) is 20.7. The van der Waals surface area contributed by atoms with Crippen LogP contribution in [-0.4, -0.2) is 22.3 Å². The second-order valence-electron chi connectivity index (χ2n) is 8.21. The van der Waals surface area contributed by atoms with Crippen LogP contribution in [0.5, 0.6) is 11.5 Å². The van der Waals surface area contributed by atoms with Crippen LogP contribution in [0.3, 0.4) is 0 Å². The van der Waals surface area contributed by atoms with Crippen LogP contribution in [0.15, 0.2) is 73.1 Å². The zero-order valence-corrected chi connectivity index (χ0v) is 18.7. The first-order valence-electron chi connectivity index (χ1n) is 11.0. The standard InChI is InChI=1S/C27H19N5O3/c1-32-11-10-29-26(32)17-3-6-19(7-4-17)30-25(18-5-9-22-23(13-18)35-15-34-22)24-20-8-2-16(14-28)12-21(20)31-27(24)33/h2-13,30H,15H2,1H3,(H,31,33). The quantitative estimate of drug-likeness (QED) is 0.430. The highest BCUT2D eigenvalue weighted by molar-refractivity contribution is 6.37. The Labute approximate surface area is 201 Å². The molecule has 35 heavy (non-hydrogen) atoms. The number of aryl methyl sites for hydroxylation is 1. The number of ether oxygens (including phenoxy) is 2. The average molecular weight is 461 g/mol. The molecular formula is C27H19N5O3. The molecule has 2 N–H and O–H groups in total. The molecule has 1 amide bonds. The van der Waals surface area contributed by atoms with Gasteiger partial charge in [0.15, 0.2) is 11.5 Å². The monoisotopic (exact) mass is 461 g/mol. The Morgan fingerprint density at radius 3 is 2.69 bits per heavy atom. The van der Waals surface area contributed by atoms with E-state index in [4.69, 9.17) is 9.47 Å². The number of benzene rings is 3. The van der Waals surface area contributed by atoms with Crippen LogP contribution < -0.4 is 20.1 Å². The molecule has 0 atom stereocenters. The van der Waals surface area contributed by atoms with Crippen LogP contribution in [-0.2, 0) is 11.8 Å². The lowest BCUT2D eigenvalue weighted by Crippen LogP contribution is -2.10. The van der Waals surface area contributed by atoms with Gasteiger partial charge in [-0.25, -0.2) is 4.98 Å². The van der Waals surface area contributed by atoms with Crippen molar-refractivity contribution in [3.8, 4) is 29.0 Å². The largest absolute Gasteiger partial charge is 0.454 e. The Bertz CT molecular complexity index is 1560. The Morgan fingerprint density at radius 2 is 1.91 bits per heavy atom. The van der Waals surface area contributed by atoms with Gasteiger partial charge in [-0.2, -0.15) is 5.26 Å². The second kappa shape index (κ2) is 8.08. The number of nitrogens with zero attached hydrogens (tertiary/aromatic N) is 3. The van der Waals surface area contributed by atoms with Gasteiger partial charge >= 0.3 is 0 Å². The van der Waals surface area contributed by atoms with Gasteiger partial charge in [0.05, 0.1) is 28.6 Å². The predicted octanol–water partition coefficient (Wildman–Crippen LogP) is 4.62. The third-order valence-corrected chi connectivity index (χ3v) is 6.04. The maximum Gasteiger partial charge on any atom is 0.258 e. The summed E-state index contributed by atoms with van der Waals surface area (Å²) in [6.07, 6.45) is 3.66. The minimum atomic E-state index is -0.250. The summed E-state index contributed by atoms with van der Waals surface area (Å²) >= 11 is 0. The number of nitriles is 1. The van der Waals surface area contributed by atoms with Crippen LogP contribution in [0.25, 0.3) is 22.7 Å². The van der Waals surface area contributed by atoms with Crippen molar-refractivity contribution in [1.82, 2.24) is 9.55 Å². The van der Waals surface area contributed by atoms with Gasteiger partial charge in [-0.1, -0.05) is 6.07 Å². The molecule has 0 bridgehead atoms. The van der Waals surface area contributed by atoms with Gasteiger partial charge in [0, 0.05) is 41.8 Å². The zero-order chi connectivity index (χ0) is 23.9. The van der Waals surface area contributed by atoms with E-state index in [1.165, 1.54) is 0 Å². The van der Waals surface area contributed by atoms with Crippen molar-refractivity contribution in [2.24, 2.45) is 7.05 Å². The number of imidazole rings is 1. The Morgan fingerprint density at radius 1 is 1.09 bits per heavy atom. The van der Waals surface area contributed by atoms with Gasteiger partial charge in [0.2, 0.25) is 6.79 Å². The molecule has 1 aromatic heterocycles. The van der Waals surface area contributed by atoms with Crippen LogP contribution >= 0.6 is 0 Å². The van der Waals surface area contributed by atoms with Crippen molar-refractivity contribution in [2.75, 3.05) is 17.4 Å². The highest BCUT2D eigenvalue weighted by Crippen LogP contribution is 2.41. The number of anilines is 2. The van der Waals surface area contributed by atoms with E-state index in [-0.39, 0.29) is 12.7 Å². The Kier molecular flexibility index (Phi) is 4.75. The summed E-state index contributed by atoms with van der Waals surface area (Å²) in [5.41, 5.74) is 5.46. The van der Waals surface area contributed by atoms with Gasteiger partial charge < -0.3 is 24.7 Å². The SMILES string of the molecule is Cn1ccnc1-c1ccc(NC(=C2C(=O)Nc3cc(C#N)ccc32)c2ccc3c(c2)OCO3)cc1. The number of fused-ring (bicyclic) bond motifs is 2. The van der Waals surface area contributed by atoms with Gasteiger partial charge in [-0.15, -0.1) is 0 Å². The molecule has 8 nitrogen and oxygen atoms in total. The molecule has 0 fully saturated rings. The minimum Gasteiger partial charge on any atom is -0.454 e. The molecule has 2 aliphatic heterocycles. The molecule has 0 spiro atoms. The van der Waals surface area contributed by atoms with E-state index in [1.807, 2.05) is 60.3 Å². The first-order chi connectivity index (χ1) is 17.1. The fourth-order valence-electron chi connectivity index (χ4n) is 4.31. The number of nitrogens with one attached hydrogen (secondary N) is 2. The highest BCUT2D eigenvalue weighted by atomic mass is 16.7. The number of hydrogen-bond donors (Lipinski definition) is 2. The van der Waals surface area contributed by atoms with E-state index in [2.05, 4.69) is 21.7 Å². The van der Waals surface area contributed by atoms with Crippen molar-refractivity contribution < 1.29 is 14.3 Å². The van der Waals surface area contributed by atoms with E-state index >= 15 is 0 Å². The molecule has 3 aromatic carbocycles. The van der Waals surface area contributed by atoms with Crippen LogP contribution in [0.1, 0.15) is 16.7 Å². The summed E-state index contributed by atoms with van der Waals surface area (Å²) in [5, 5.41) is 15.6. The van der Waals surface area contributed by atoms with E-state index in [9.17, 15) is 10.1 Å². The molecule has 8 heteroatoms. The molecule has 2 aliphatic rings. The smallest absolute Gasteiger partial charge is 0.258 e. The number of carbonyl (C=O) groups is 1. The summed E-state index contributed by atoms with van der Waals surface area (Å²) in [4.78, 5) is 17.6. The number of hydrogen-bond acceptors (Lipinski definition) is 6. The molecule has 170 valence electrons. The second-order valence-corrected chi connectivity index (χ2v) is 8.21. The molecule has 3 heterocycles. The molecule has 0 unspecified atom stereocenters. The zero-order valence-electron chi connectivity index (χ0n) is 18.7. The lowest BCUT2D eigenvalue weighted by molar-refractivity contribution is -0.110. The van der Waals surface area contributed by atoms with Crippen molar-refractivity contribution in [2.45, 2.75) is 0 Å². The van der Waals surface area contributed by atoms with Gasteiger partial charge in [-0.3, -0.25) is 4.79 Å². The number of rotatable bonds is 4. The fourth-order valence-corrected chi connectivity index (χ4v) is 4.31. The normalized spacial score (nSPS) is 14.8. The lowest BCUT2D eigenvalue weighted by Gasteiger charge is -2.16. The van der Waals surface area contributed by atoms with Crippen LogP contribution in [0.2, 0.25) is 0 Å². The summed E-state index contributed by atoms with van der Waals surface area (Å²) in [7, 11) is 1.95. The van der Waals surface area contributed by atoms with Crippen LogP contribution in [0, 0.1) is 11.3 Å². The highest BCUT2D eigenvalue weighted by Gasteiger charge is 2.29. The van der Waals surface area contributed by atoms with Crippen molar-refractivity contribution in [3.05, 3.63) is 89.7 Å². The molecule has 4 aromatic rings. The molecular weight excluding hydrogens is 442 g/mol. The fraction of sp³-hybridized carbons (Fsp3) is 0.0741. The number of amides is 1. The maximum atomic E-state index is 13.2.